The Kier molecular flexibility index (Phi) is 3.34. The first kappa shape index (κ1) is 10.9. The highest BCUT2D eigenvalue weighted by molar-refractivity contribution is 5.88. The molecule has 1 unspecified atom stereocenters. The monoisotopic (exact) mass is 215 g/mol. The largest absolute Gasteiger partial charge is 0.380 e. The summed E-state index contributed by atoms with van der Waals surface area (Å²) in [5, 5.41) is 4.54. The number of pyridine rings is 2. The molecule has 3 heteroatoms. The number of hydrogen-bond acceptors (Lipinski definition) is 3. The van der Waals surface area contributed by atoms with Crippen LogP contribution in [0.2, 0.25) is 0 Å². The fourth-order valence-corrected chi connectivity index (χ4v) is 1.88. The molecule has 0 fully saturated rings. The zero-order valence-electron chi connectivity index (χ0n) is 9.77. The fourth-order valence-electron chi connectivity index (χ4n) is 1.88. The molecule has 1 atom stereocenters. The zero-order chi connectivity index (χ0) is 11.4. The second kappa shape index (κ2) is 4.92. The van der Waals surface area contributed by atoms with E-state index in [1.807, 2.05) is 30.7 Å². The minimum Gasteiger partial charge on any atom is -0.380 e. The number of nitrogens with zero attached hydrogens (tertiary/aromatic N) is 2. The van der Waals surface area contributed by atoms with Gasteiger partial charge < -0.3 is 5.32 Å². The molecule has 0 aliphatic heterocycles. The minimum atomic E-state index is 0.458. The van der Waals surface area contributed by atoms with E-state index in [1.54, 1.807) is 0 Å². The summed E-state index contributed by atoms with van der Waals surface area (Å²) < 4.78 is 0. The van der Waals surface area contributed by atoms with Gasteiger partial charge in [0.2, 0.25) is 0 Å². The lowest BCUT2D eigenvalue weighted by molar-refractivity contribution is 0.690. The molecule has 2 aromatic rings. The van der Waals surface area contributed by atoms with Gasteiger partial charge in [0.1, 0.15) is 0 Å². The molecular weight excluding hydrogens is 198 g/mol. The highest BCUT2D eigenvalue weighted by Crippen LogP contribution is 2.20. The highest BCUT2D eigenvalue weighted by Gasteiger charge is 2.05. The van der Waals surface area contributed by atoms with E-state index in [9.17, 15) is 0 Å². The van der Waals surface area contributed by atoms with Crippen molar-refractivity contribution in [3.8, 4) is 0 Å². The van der Waals surface area contributed by atoms with Crippen molar-refractivity contribution < 1.29 is 0 Å². The number of rotatable bonds is 4. The Bertz CT molecular complexity index is 462. The van der Waals surface area contributed by atoms with Crippen molar-refractivity contribution in [2.75, 3.05) is 5.32 Å². The third-order valence-corrected chi connectivity index (χ3v) is 2.63. The van der Waals surface area contributed by atoms with Crippen molar-refractivity contribution in [3.63, 3.8) is 0 Å². The number of nitrogens with one attached hydrogen (secondary N) is 1. The van der Waals surface area contributed by atoms with Crippen LogP contribution in [0.4, 0.5) is 5.69 Å². The smallest absolute Gasteiger partial charge is 0.0964 e. The lowest BCUT2D eigenvalue weighted by Gasteiger charge is -2.14. The van der Waals surface area contributed by atoms with Crippen LogP contribution in [-0.4, -0.2) is 16.0 Å². The van der Waals surface area contributed by atoms with Gasteiger partial charge in [-0.25, -0.2) is 0 Å². The predicted octanol–water partition coefficient (Wildman–Crippen LogP) is 3.23. The van der Waals surface area contributed by atoms with Crippen LogP contribution in [0.15, 0.2) is 30.7 Å². The van der Waals surface area contributed by atoms with Crippen LogP contribution in [0.25, 0.3) is 10.9 Å². The van der Waals surface area contributed by atoms with Crippen LogP contribution < -0.4 is 5.32 Å². The van der Waals surface area contributed by atoms with Gasteiger partial charge in [-0.1, -0.05) is 13.3 Å². The third kappa shape index (κ3) is 2.30. The summed E-state index contributed by atoms with van der Waals surface area (Å²) in [5.74, 6) is 0. The fraction of sp³-hybridized carbons (Fsp3) is 0.385. The van der Waals surface area contributed by atoms with E-state index in [2.05, 4.69) is 29.1 Å². The molecule has 0 bridgehead atoms. The Morgan fingerprint density at radius 3 is 3.06 bits per heavy atom. The lowest BCUT2D eigenvalue weighted by atomic mass is 10.2. The van der Waals surface area contributed by atoms with Crippen LogP contribution in [0.1, 0.15) is 26.7 Å². The van der Waals surface area contributed by atoms with Gasteiger partial charge in [0.15, 0.2) is 0 Å². The van der Waals surface area contributed by atoms with Crippen molar-refractivity contribution in [1.29, 1.82) is 0 Å². The normalized spacial score (nSPS) is 12.6. The standard InChI is InChI=1S/C13H17N3/c1-3-5-10(2)16-12-9-14-8-11-6-4-7-15-13(11)12/h4,6-10,16H,3,5H2,1-2H3. The van der Waals surface area contributed by atoms with Crippen molar-refractivity contribution in [1.82, 2.24) is 9.97 Å². The Hall–Kier alpha value is -1.64. The topological polar surface area (TPSA) is 37.8 Å². The highest BCUT2D eigenvalue weighted by atomic mass is 14.9. The average Bonchev–Trinajstić information content (AvgIpc) is 2.30. The first-order chi connectivity index (χ1) is 7.81. The van der Waals surface area contributed by atoms with E-state index < -0.39 is 0 Å². The van der Waals surface area contributed by atoms with E-state index >= 15 is 0 Å². The van der Waals surface area contributed by atoms with Crippen LogP contribution in [0, 0.1) is 0 Å². The van der Waals surface area contributed by atoms with E-state index in [1.165, 1.54) is 6.42 Å². The summed E-state index contributed by atoms with van der Waals surface area (Å²) in [6, 6.07) is 4.42. The second-order valence-electron chi connectivity index (χ2n) is 4.10. The first-order valence-corrected chi connectivity index (χ1v) is 5.76. The molecule has 84 valence electrons. The first-order valence-electron chi connectivity index (χ1n) is 5.76. The second-order valence-corrected chi connectivity index (χ2v) is 4.10. The molecule has 3 nitrogen and oxygen atoms in total. The number of anilines is 1. The molecule has 0 aliphatic carbocycles. The number of aromatic nitrogens is 2. The summed E-state index contributed by atoms with van der Waals surface area (Å²) >= 11 is 0. The van der Waals surface area contributed by atoms with Gasteiger partial charge in [-0.15, -0.1) is 0 Å². The molecule has 2 heterocycles. The maximum Gasteiger partial charge on any atom is 0.0964 e. The van der Waals surface area contributed by atoms with E-state index in [0.717, 1.165) is 23.0 Å². The quantitative estimate of drug-likeness (QED) is 0.850. The summed E-state index contributed by atoms with van der Waals surface area (Å²) in [4.78, 5) is 8.62. The lowest BCUT2D eigenvalue weighted by Crippen LogP contribution is -2.15. The van der Waals surface area contributed by atoms with Crippen molar-refractivity contribution >= 4 is 16.6 Å². The van der Waals surface area contributed by atoms with Crippen LogP contribution in [0.3, 0.4) is 0 Å². The molecule has 0 aromatic carbocycles. The maximum atomic E-state index is 4.39. The van der Waals surface area contributed by atoms with E-state index in [0.29, 0.717) is 6.04 Å². The van der Waals surface area contributed by atoms with Crippen LogP contribution in [-0.2, 0) is 0 Å². The maximum absolute atomic E-state index is 4.39. The molecule has 0 radical (unpaired) electrons. The third-order valence-electron chi connectivity index (χ3n) is 2.63. The van der Waals surface area contributed by atoms with Gasteiger partial charge in [-0.2, -0.15) is 0 Å². The average molecular weight is 215 g/mol. The van der Waals surface area contributed by atoms with Gasteiger partial charge in [-0.05, 0) is 25.5 Å². The van der Waals surface area contributed by atoms with Crippen molar-refractivity contribution in [3.05, 3.63) is 30.7 Å². The summed E-state index contributed by atoms with van der Waals surface area (Å²) in [5.41, 5.74) is 2.03. The van der Waals surface area contributed by atoms with Gasteiger partial charge in [0.05, 0.1) is 17.4 Å². The molecule has 0 aliphatic rings. The summed E-state index contributed by atoms with van der Waals surface area (Å²) in [6.07, 6.45) is 7.85. The Morgan fingerprint density at radius 2 is 2.25 bits per heavy atom. The summed E-state index contributed by atoms with van der Waals surface area (Å²) in [6.45, 7) is 4.38. The molecule has 2 aromatic heterocycles. The van der Waals surface area contributed by atoms with Crippen molar-refractivity contribution in [2.24, 2.45) is 0 Å². The molecule has 16 heavy (non-hydrogen) atoms. The molecule has 0 saturated heterocycles. The molecule has 0 saturated carbocycles. The molecular formula is C13H17N3. The molecule has 0 amide bonds. The Labute approximate surface area is 95.9 Å². The molecule has 1 N–H and O–H groups in total. The number of hydrogen-bond donors (Lipinski definition) is 1. The summed E-state index contributed by atoms with van der Waals surface area (Å²) in [7, 11) is 0. The van der Waals surface area contributed by atoms with Gasteiger partial charge >= 0.3 is 0 Å². The van der Waals surface area contributed by atoms with Crippen LogP contribution in [0.5, 0.6) is 0 Å². The van der Waals surface area contributed by atoms with E-state index in [4.69, 9.17) is 0 Å². The van der Waals surface area contributed by atoms with Gasteiger partial charge in [0.25, 0.3) is 0 Å². The van der Waals surface area contributed by atoms with Gasteiger partial charge in [0, 0.05) is 23.8 Å². The zero-order valence-corrected chi connectivity index (χ0v) is 9.77. The number of fused-ring (bicyclic) bond motifs is 1. The molecule has 0 spiro atoms. The molecule has 2 rings (SSSR count). The van der Waals surface area contributed by atoms with Crippen molar-refractivity contribution in [2.45, 2.75) is 32.7 Å². The van der Waals surface area contributed by atoms with E-state index in [-0.39, 0.29) is 0 Å². The Balaban J connectivity index is 2.30. The minimum absolute atomic E-state index is 0.458. The predicted molar refractivity (Wildman–Crippen MR) is 67.5 cm³/mol. The SMILES string of the molecule is CCCC(C)Nc1cncc2cccnc12. The Morgan fingerprint density at radius 1 is 1.38 bits per heavy atom. The van der Waals surface area contributed by atoms with Crippen LogP contribution >= 0.6 is 0 Å². The van der Waals surface area contributed by atoms with Gasteiger partial charge in [-0.3, -0.25) is 9.97 Å².